The maximum atomic E-state index is 12.0. The first-order valence-electron chi connectivity index (χ1n) is 6.20. The van der Waals surface area contributed by atoms with Gasteiger partial charge < -0.3 is 20.1 Å². The van der Waals surface area contributed by atoms with Crippen molar-refractivity contribution in [2.45, 2.75) is 19.2 Å². The lowest BCUT2D eigenvalue weighted by atomic mass is 9.87. The third-order valence-electron chi connectivity index (χ3n) is 3.31. The molecule has 3 unspecified atom stereocenters. The molecule has 2 aliphatic heterocycles. The summed E-state index contributed by atoms with van der Waals surface area (Å²) in [6, 6.07) is 6.59. The van der Waals surface area contributed by atoms with Gasteiger partial charge in [-0.1, -0.05) is 18.2 Å². The number of carbonyl (C=O) groups is 2. The zero-order valence-electron chi connectivity index (χ0n) is 10.4. The summed E-state index contributed by atoms with van der Waals surface area (Å²) in [5.41, 5.74) is 0.798. The van der Waals surface area contributed by atoms with E-state index in [1.165, 1.54) is 0 Å². The third-order valence-corrected chi connectivity index (χ3v) is 3.31. The minimum Gasteiger partial charge on any atom is -0.469 e. The third kappa shape index (κ3) is 1.89. The molecule has 3 rings (SSSR count). The van der Waals surface area contributed by atoms with Crippen LogP contribution < -0.4 is 15.4 Å². The highest BCUT2D eigenvalue weighted by Gasteiger charge is 2.48. The van der Waals surface area contributed by atoms with Gasteiger partial charge in [-0.05, 0) is 13.0 Å². The lowest BCUT2D eigenvalue weighted by Crippen LogP contribution is -2.62. The molecule has 0 aliphatic carbocycles. The number of ether oxygens (including phenoxy) is 2. The van der Waals surface area contributed by atoms with Gasteiger partial charge in [-0.3, -0.25) is 4.79 Å². The lowest BCUT2D eigenvalue weighted by molar-refractivity contribution is -0.155. The number of esters is 1. The van der Waals surface area contributed by atoms with Crippen molar-refractivity contribution in [3.63, 3.8) is 0 Å². The van der Waals surface area contributed by atoms with Crippen LogP contribution in [0.3, 0.4) is 0 Å². The fourth-order valence-corrected chi connectivity index (χ4v) is 2.52. The van der Waals surface area contributed by atoms with E-state index in [2.05, 4.69) is 10.6 Å². The molecular weight excluding hydrogens is 248 g/mol. The number of fused-ring (bicyclic) bond motifs is 4. The predicted octanol–water partition coefficient (Wildman–Crippen LogP) is 0.938. The van der Waals surface area contributed by atoms with Crippen LogP contribution in [0, 0.1) is 5.92 Å². The van der Waals surface area contributed by atoms with E-state index in [1.54, 1.807) is 6.92 Å². The lowest BCUT2D eigenvalue weighted by Gasteiger charge is -2.42. The molecule has 1 aromatic carbocycles. The van der Waals surface area contributed by atoms with Gasteiger partial charge >= 0.3 is 12.0 Å². The molecule has 100 valence electrons. The molecule has 0 aromatic heterocycles. The Balaban J connectivity index is 2.00. The van der Waals surface area contributed by atoms with Gasteiger partial charge in [0.25, 0.3) is 0 Å². The molecule has 0 saturated carbocycles. The van der Waals surface area contributed by atoms with E-state index in [0.717, 1.165) is 5.56 Å². The highest BCUT2D eigenvalue weighted by Crippen LogP contribution is 2.39. The number of carbonyl (C=O) groups excluding carboxylic acids is 2. The summed E-state index contributed by atoms with van der Waals surface area (Å²) < 4.78 is 10.7. The Bertz CT molecular complexity index is 531. The summed E-state index contributed by atoms with van der Waals surface area (Å²) in [4.78, 5) is 23.6. The van der Waals surface area contributed by atoms with Crippen LogP contribution in [0.25, 0.3) is 0 Å². The number of amides is 2. The maximum absolute atomic E-state index is 12.0. The fourth-order valence-electron chi connectivity index (χ4n) is 2.52. The fraction of sp³-hybridized carbons (Fsp3) is 0.385. The summed E-state index contributed by atoms with van der Waals surface area (Å²) >= 11 is 0. The number of hydrogen-bond donors (Lipinski definition) is 2. The van der Waals surface area contributed by atoms with Crippen molar-refractivity contribution in [3.8, 4) is 5.75 Å². The van der Waals surface area contributed by atoms with Gasteiger partial charge in [0.1, 0.15) is 11.7 Å². The SMILES string of the molecule is CCOC(=O)C1C2NC(=O)NC1c1ccccc1O2. The normalized spacial score (nSPS) is 27.4. The predicted molar refractivity (Wildman–Crippen MR) is 65.4 cm³/mol. The summed E-state index contributed by atoms with van der Waals surface area (Å²) in [6.07, 6.45) is -0.687. The second-order valence-electron chi connectivity index (χ2n) is 4.45. The maximum Gasteiger partial charge on any atom is 0.318 e. The molecule has 0 radical (unpaired) electrons. The Morgan fingerprint density at radius 2 is 2.16 bits per heavy atom. The summed E-state index contributed by atoms with van der Waals surface area (Å²) in [5, 5.41) is 5.37. The van der Waals surface area contributed by atoms with Gasteiger partial charge in [0.15, 0.2) is 6.23 Å². The van der Waals surface area contributed by atoms with Gasteiger partial charge in [0.05, 0.1) is 12.6 Å². The smallest absolute Gasteiger partial charge is 0.318 e. The van der Waals surface area contributed by atoms with Crippen molar-refractivity contribution in [2.24, 2.45) is 5.92 Å². The first-order chi connectivity index (χ1) is 9.20. The molecule has 1 aromatic rings. The molecule has 2 heterocycles. The highest BCUT2D eigenvalue weighted by atomic mass is 16.5. The minimum absolute atomic E-state index is 0.296. The number of urea groups is 1. The van der Waals surface area contributed by atoms with Crippen LogP contribution in [0.2, 0.25) is 0 Å². The molecule has 2 N–H and O–H groups in total. The number of benzene rings is 1. The molecule has 2 aliphatic rings. The number of hydrogen-bond acceptors (Lipinski definition) is 4. The quantitative estimate of drug-likeness (QED) is 0.778. The number of para-hydroxylation sites is 1. The standard InChI is InChI=1S/C13H14N2O4/c1-2-18-12(16)9-10-7-5-3-4-6-8(7)19-11(9)15-13(17)14-10/h3-6,9-11H,2H2,1H3,(H2,14,15,17). The van der Waals surface area contributed by atoms with E-state index in [4.69, 9.17) is 9.47 Å². The van der Waals surface area contributed by atoms with E-state index < -0.39 is 18.2 Å². The van der Waals surface area contributed by atoms with E-state index in [1.807, 2.05) is 24.3 Å². The van der Waals surface area contributed by atoms with E-state index in [9.17, 15) is 9.59 Å². The summed E-state index contributed by atoms with van der Waals surface area (Å²) in [7, 11) is 0. The second-order valence-corrected chi connectivity index (χ2v) is 4.45. The molecule has 19 heavy (non-hydrogen) atoms. The van der Waals surface area contributed by atoms with Crippen LogP contribution in [0.1, 0.15) is 18.5 Å². The monoisotopic (exact) mass is 262 g/mol. The van der Waals surface area contributed by atoms with E-state index >= 15 is 0 Å². The zero-order valence-corrected chi connectivity index (χ0v) is 10.4. The molecule has 0 spiro atoms. The van der Waals surface area contributed by atoms with Crippen molar-refractivity contribution in [1.29, 1.82) is 0 Å². The summed E-state index contributed by atoms with van der Waals surface area (Å²) in [6.45, 7) is 2.04. The van der Waals surface area contributed by atoms with E-state index in [0.29, 0.717) is 12.4 Å². The van der Waals surface area contributed by atoms with Gasteiger partial charge in [-0.15, -0.1) is 0 Å². The average molecular weight is 262 g/mol. The Kier molecular flexibility index (Phi) is 2.77. The van der Waals surface area contributed by atoms with Crippen LogP contribution in [-0.2, 0) is 9.53 Å². The van der Waals surface area contributed by atoms with Gasteiger partial charge in [-0.2, -0.15) is 0 Å². The van der Waals surface area contributed by atoms with Crippen molar-refractivity contribution in [1.82, 2.24) is 10.6 Å². The Hall–Kier alpha value is -2.24. The zero-order chi connectivity index (χ0) is 13.4. The Morgan fingerprint density at radius 1 is 1.37 bits per heavy atom. The highest BCUT2D eigenvalue weighted by molar-refractivity contribution is 5.82. The molecule has 1 fully saturated rings. The van der Waals surface area contributed by atoms with Crippen LogP contribution in [-0.4, -0.2) is 24.8 Å². The molecule has 3 atom stereocenters. The topological polar surface area (TPSA) is 76.7 Å². The Labute approximate surface area is 110 Å². The largest absolute Gasteiger partial charge is 0.469 e. The molecule has 1 saturated heterocycles. The van der Waals surface area contributed by atoms with Gasteiger partial charge in [-0.25, -0.2) is 4.79 Å². The van der Waals surface area contributed by atoms with Crippen molar-refractivity contribution in [2.75, 3.05) is 6.61 Å². The molecule has 2 amide bonds. The summed E-state index contributed by atoms with van der Waals surface area (Å²) in [5.74, 6) is -0.280. The van der Waals surface area contributed by atoms with Crippen LogP contribution >= 0.6 is 0 Å². The minimum atomic E-state index is -0.687. The number of nitrogens with one attached hydrogen (secondary N) is 2. The van der Waals surface area contributed by atoms with Gasteiger partial charge in [0.2, 0.25) is 0 Å². The van der Waals surface area contributed by atoms with Crippen molar-refractivity contribution >= 4 is 12.0 Å². The van der Waals surface area contributed by atoms with Crippen LogP contribution in [0.4, 0.5) is 4.79 Å². The number of rotatable bonds is 2. The van der Waals surface area contributed by atoms with Gasteiger partial charge in [0, 0.05) is 5.56 Å². The van der Waals surface area contributed by atoms with E-state index in [-0.39, 0.29) is 12.0 Å². The van der Waals surface area contributed by atoms with Crippen LogP contribution in [0.5, 0.6) is 5.75 Å². The van der Waals surface area contributed by atoms with Crippen molar-refractivity contribution < 1.29 is 19.1 Å². The first kappa shape index (κ1) is 11.8. The molecular formula is C13H14N2O4. The second kappa shape index (κ2) is 4.46. The first-order valence-corrected chi connectivity index (χ1v) is 6.20. The Morgan fingerprint density at radius 3 is 2.95 bits per heavy atom. The molecule has 2 bridgehead atoms. The molecule has 6 heteroatoms. The van der Waals surface area contributed by atoms with Crippen LogP contribution in [0.15, 0.2) is 24.3 Å². The van der Waals surface area contributed by atoms with Crippen molar-refractivity contribution in [3.05, 3.63) is 29.8 Å². The molecule has 6 nitrogen and oxygen atoms in total. The average Bonchev–Trinajstić information content (AvgIpc) is 2.38.